The van der Waals surface area contributed by atoms with Crippen LogP contribution in [0, 0.1) is 0 Å². The highest BCUT2D eigenvalue weighted by molar-refractivity contribution is 5.96. The molecule has 0 spiro atoms. The predicted molar refractivity (Wildman–Crippen MR) is 75.7 cm³/mol. The zero-order valence-corrected chi connectivity index (χ0v) is 11.7. The molecule has 3 rings (SSSR count). The summed E-state index contributed by atoms with van der Waals surface area (Å²) < 4.78 is 0. The molecular weight excluding hydrogens is 254 g/mol. The maximum absolute atomic E-state index is 12.6. The Kier molecular flexibility index (Phi) is 3.44. The zero-order valence-electron chi connectivity index (χ0n) is 11.7. The second-order valence-corrected chi connectivity index (χ2v) is 5.65. The summed E-state index contributed by atoms with van der Waals surface area (Å²) in [5, 5.41) is 2.79. The minimum atomic E-state index is 0.0360. The number of para-hydroxylation sites is 1. The van der Waals surface area contributed by atoms with Crippen molar-refractivity contribution in [2.75, 3.05) is 31.1 Å². The molecule has 1 unspecified atom stereocenters. The molecule has 2 aliphatic heterocycles. The normalized spacial score (nSPS) is 25.2. The Morgan fingerprint density at radius 2 is 2.25 bits per heavy atom. The summed E-state index contributed by atoms with van der Waals surface area (Å²) in [6, 6.07) is 8.28. The predicted octanol–water partition coefficient (Wildman–Crippen LogP) is -1.02. The molecule has 2 N–H and O–H groups in total. The van der Waals surface area contributed by atoms with Gasteiger partial charge in [0.05, 0.1) is 13.1 Å². The Morgan fingerprint density at radius 1 is 1.45 bits per heavy atom. The van der Waals surface area contributed by atoms with Gasteiger partial charge in [0.15, 0.2) is 13.1 Å². The van der Waals surface area contributed by atoms with Crippen molar-refractivity contribution in [3.05, 3.63) is 29.8 Å². The molecule has 0 radical (unpaired) electrons. The molecule has 5 heteroatoms. The summed E-state index contributed by atoms with van der Waals surface area (Å²) in [5.41, 5.74) is 2.27. The van der Waals surface area contributed by atoms with Gasteiger partial charge in [-0.15, -0.1) is 0 Å². The summed E-state index contributed by atoms with van der Waals surface area (Å²) in [7, 11) is 0. The lowest BCUT2D eigenvalue weighted by Crippen LogP contribution is -3.16. The van der Waals surface area contributed by atoms with Gasteiger partial charge in [-0.05, 0) is 25.0 Å². The average Bonchev–Trinajstić information content (AvgIpc) is 2.74. The number of carbonyl (C=O) groups is 2. The van der Waals surface area contributed by atoms with Crippen molar-refractivity contribution in [3.8, 4) is 0 Å². The first-order valence-electron chi connectivity index (χ1n) is 7.15. The van der Waals surface area contributed by atoms with E-state index in [9.17, 15) is 9.59 Å². The molecule has 1 fully saturated rings. The smallest absolute Gasteiger partial charge is 0.282 e. The Hall–Kier alpha value is -1.88. The molecule has 106 valence electrons. The first kappa shape index (κ1) is 13.1. The van der Waals surface area contributed by atoms with Crippen LogP contribution in [0.3, 0.4) is 0 Å². The van der Waals surface area contributed by atoms with Crippen molar-refractivity contribution in [2.45, 2.75) is 19.4 Å². The molecule has 2 heterocycles. The maximum atomic E-state index is 12.6. The van der Waals surface area contributed by atoms with Crippen LogP contribution < -0.4 is 15.1 Å². The number of carbonyl (C=O) groups excluding carboxylic acids is 2. The van der Waals surface area contributed by atoms with E-state index in [1.165, 1.54) is 5.56 Å². The number of nitrogens with zero attached hydrogens (tertiary/aromatic N) is 1. The fourth-order valence-corrected chi connectivity index (χ4v) is 3.15. The Balaban J connectivity index is 1.72. The van der Waals surface area contributed by atoms with Gasteiger partial charge in [-0.1, -0.05) is 18.2 Å². The van der Waals surface area contributed by atoms with E-state index in [1.807, 2.05) is 23.1 Å². The molecule has 0 saturated carbocycles. The number of nitrogens with one attached hydrogen (secondary N) is 2. The number of anilines is 1. The maximum Gasteiger partial charge on any atom is 0.282 e. The third-order valence-corrected chi connectivity index (χ3v) is 4.09. The molecule has 0 aromatic heterocycles. The van der Waals surface area contributed by atoms with Crippen LogP contribution >= 0.6 is 0 Å². The first-order chi connectivity index (χ1) is 9.65. The minimum absolute atomic E-state index is 0.0360. The lowest BCUT2D eigenvalue weighted by molar-refractivity contribution is -0.885. The number of amides is 2. The number of rotatable bonds is 2. The third-order valence-electron chi connectivity index (χ3n) is 4.09. The number of hydrogen-bond acceptors (Lipinski definition) is 2. The number of fused-ring (bicyclic) bond motifs is 1. The van der Waals surface area contributed by atoms with E-state index in [2.05, 4.69) is 18.3 Å². The number of quaternary nitrogens is 1. The molecule has 2 aliphatic rings. The monoisotopic (exact) mass is 274 g/mol. The zero-order chi connectivity index (χ0) is 14.1. The fourth-order valence-electron chi connectivity index (χ4n) is 3.15. The van der Waals surface area contributed by atoms with Gasteiger partial charge in [0.25, 0.3) is 11.8 Å². The van der Waals surface area contributed by atoms with Crippen LogP contribution in [0.5, 0.6) is 0 Å². The van der Waals surface area contributed by atoms with Gasteiger partial charge in [0, 0.05) is 11.7 Å². The van der Waals surface area contributed by atoms with Gasteiger partial charge < -0.3 is 15.1 Å². The van der Waals surface area contributed by atoms with Crippen LogP contribution in [0.2, 0.25) is 0 Å². The van der Waals surface area contributed by atoms with E-state index >= 15 is 0 Å². The molecule has 1 aromatic carbocycles. The van der Waals surface area contributed by atoms with Crippen molar-refractivity contribution in [2.24, 2.45) is 0 Å². The Labute approximate surface area is 118 Å². The standard InChI is InChI=1S/C15H19N3O2/c1-11-8-12-4-2-3-5-13(12)18(11)15(20)10-17-7-6-16-14(19)9-17/h2-5,11H,6-10H2,1H3,(H,16,19)/p+1/t11-/m0/s1. The number of hydrogen-bond donors (Lipinski definition) is 2. The Morgan fingerprint density at radius 3 is 3.05 bits per heavy atom. The fraction of sp³-hybridized carbons (Fsp3) is 0.467. The van der Waals surface area contributed by atoms with E-state index in [0.717, 1.165) is 23.6 Å². The summed E-state index contributed by atoms with van der Waals surface area (Å²) >= 11 is 0. The third kappa shape index (κ3) is 2.41. The molecule has 1 aromatic rings. The second kappa shape index (κ2) is 5.25. The summed E-state index contributed by atoms with van der Waals surface area (Å²) in [5.74, 6) is 0.154. The van der Waals surface area contributed by atoms with Crippen LogP contribution in [-0.4, -0.2) is 44.0 Å². The van der Waals surface area contributed by atoms with Crippen LogP contribution in [0.1, 0.15) is 12.5 Å². The van der Waals surface area contributed by atoms with Crippen LogP contribution in [0.25, 0.3) is 0 Å². The van der Waals surface area contributed by atoms with Crippen molar-refractivity contribution in [1.29, 1.82) is 0 Å². The quantitative estimate of drug-likeness (QED) is 0.725. The lowest BCUT2D eigenvalue weighted by atomic mass is 10.1. The van der Waals surface area contributed by atoms with Gasteiger partial charge in [0.1, 0.15) is 0 Å². The van der Waals surface area contributed by atoms with Crippen LogP contribution in [0.4, 0.5) is 5.69 Å². The summed E-state index contributed by atoms with van der Waals surface area (Å²) in [4.78, 5) is 26.9. The highest BCUT2D eigenvalue weighted by Gasteiger charge is 2.33. The van der Waals surface area contributed by atoms with E-state index in [-0.39, 0.29) is 17.9 Å². The van der Waals surface area contributed by atoms with E-state index in [4.69, 9.17) is 0 Å². The summed E-state index contributed by atoms with van der Waals surface area (Å²) in [6.07, 6.45) is 0.914. The molecule has 2 amide bonds. The summed E-state index contributed by atoms with van der Waals surface area (Å²) in [6.45, 7) is 4.35. The van der Waals surface area contributed by atoms with Gasteiger partial charge in [-0.25, -0.2) is 0 Å². The van der Waals surface area contributed by atoms with Crippen molar-refractivity contribution < 1.29 is 14.5 Å². The topological polar surface area (TPSA) is 53.9 Å². The molecule has 2 atom stereocenters. The van der Waals surface area contributed by atoms with Gasteiger partial charge in [0.2, 0.25) is 0 Å². The SMILES string of the molecule is C[C@H]1Cc2ccccc2N1C(=O)C[NH+]1CCNC(=O)C1. The number of piperazine rings is 1. The molecule has 5 nitrogen and oxygen atoms in total. The minimum Gasteiger partial charge on any atom is -0.346 e. The van der Waals surface area contributed by atoms with Gasteiger partial charge >= 0.3 is 0 Å². The molecular formula is C15H20N3O2+. The van der Waals surface area contributed by atoms with Crippen molar-refractivity contribution in [1.82, 2.24) is 5.32 Å². The Bertz CT molecular complexity index is 544. The molecule has 0 bridgehead atoms. The largest absolute Gasteiger partial charge is 0.346 e. The van der Waals surface area contributed by atoms with Gasteiger partial charge in [-0.3, -0.25) is 9.59 Å². The van der Waals surface area contributed by atoms with Crippen LogP contribution in [-0.2, 0) is 16.0 Å². The first-order valence-corrected chi connectivity index (χ1v) is 7.15. The molecule has 20 heavy (non-hydrogen) atoms. The highest BCUT2D eigenvalue weighted by Crippen LogP contribution is 2.31. The molecule has 1 saturated heterocycles. The van der Waals surface area contributed by atoms with Crippen LogP contribution in [0.15, 0.2) is 24.3 Å². The average molecular weight is 274 g/mol. The molecule has 0 aliphatic carbocycles. The van der Waals surface area contributed by atoms with Gasteiger partial charge in [-0.2, -0.15) is 0 Å². The number of benzene rings is 1. The van der Waals surface area contributed by atoms with Crippen molar-refractivity contribution >= 4 is 17.5 Å². The van der Waals surface area contributed by atoms with E-state index in [0.29, 0.717) is 19.6 Å². The lowest BCUT2D eigenvalue weighted by Gasteiger charge is -2.27. The van der Waals surface area contributed by atoms with E-state index in [1.54, 1.807) is 0 Å². The van der Waals surface area contributed by atoms with Crippen molar-refractivity contribution in [3.63, 3.8) is 0 Å². The van der Waals surface area contributed by atoms with E-state index < -0.39 is 0 Å². The second-order valence-electron chi connectivity index (χ2n) is 5.65. The highest BCUT2D eigenvalue weighted by atomic mass is 16.2.